The Morgan fingerprint density at radius 2 is 2.15 bits per heavy atom. The zero-order valence-corrected chi connectivity index (χ0v) is 12.0. The minimum Gasteiger partial charge on any atom is -0.316 e. The second-order valence-corrected chi connectivity index (χ2v) is 4.92. The summed E-state index contributed by atoms with van der Waals surface area (Å²) in [4.78, 5) is 14.9. The van der Waals surface area contributed by atoms with Crippen LogP contribution in [0.25, 0.3) is 10.9 Å². The van der Waals surface area contributed by atoms with E-state index < -0.39 is 0 Å². The van der Waals surface area contributed by atoms with Crippen LogP contribution in [0.5, 0.6) is 0 Å². The highest BCUT2D eigenvalue weighted by atomic mass is 16.6. The summed E-state index contributed by atoms with van der Waals surface area (Å²) in [6.45, 7) is 4.27. The number of nitrogens with one attached hydrogen (secondary N) is 1. The number of aromatic nitrogens is 1. The number of likely N-dealkylation sites (N-methyl/N-ethyl adjacent to an activating group) is 1. The molecular weight excluding hydrogens is 254 g/mol. The van der Waals surface area contributed by atoms with Crippen LogP contribution in [0.3, 0.4) is 0 Å². The van der Waals surface area contributed by atoms with Gasteiger partial charge in [0.05, 0.1) is 4.92 Å². The fraction of sp³-hybridized carbons (Fsp3) is 0.400. The van der Waals surface area contributed by atoms with E-state index in [1.165, 1.54) is 6.07 Å². The molecule has 2 unspecified atom stereocenters. The molecule has 0 amide bonds. The zero-order chi connectivity index (χ0) is 14.7. The third-order valence-electron chi connectivity index (χ3n) is 3.88. The number of non-ortho nitro benzene ring substituents is 1. The molecule has 2 aromatic rings. The van der Waals surface area contributed by atoms with E-state index in [0.29, 0.717) is 11.6 Å². The second-order valence-electron chi connectivity index (χ2n) is 4.92. The van der Waals surface area contributed by atoms with Crippen molar-refractivity contribution in [3.05, 3.63) is 46.1 Å². The Hall–Kier alpha value is -2.01. The lowest BCUT2D eigenvalue weighted by Crippen LogP contribution is -2.30. The Kier molecular flexibility index (Phi) is 4.29. The predicted octanol–water partition coefficient (Wildman–Crippen LogP) is 3.24. The van der Waals surface area contributed by atoms with Gasteiger partial charge >= 0.3 is 0 Å². The smallest absolute Gasteiger partial charge is 0.295 e. The summed E-state index contributed by atoms with van der Waals surface area (Å²) >= 11 is 0. The normalized spacial score (nSPS) is 14.2. The zero-order valence-electron chi connectivity index (χ0n) is 12.0. The van der Waals surface area contributed by atoms with Crippen LogP contribution in [0, 0.1) is 10.1 Å². The molecule has 0 saturated heterocycles. The number of hydrogen-bond acceptors (Lipinski definition) is 4. The van der Waals surface area contributed by atoms with Crippen LogP contribution in [0.1, 0.15) is 31.7 Å². The minimum atomic E-state index is -0.376. The van der Waals surface area contributed by atoms with E-state index in [1.807, 2.05) is 19.2 Å². The predicted molar refractivity (Wildman–Crippen MR) is 80.0 cm³/mol. The van der Waals surface area contributed by atoms with Crippen LogP contribution >= 0.6 is 0 Å². The minimum absolute atomic E-state index is 0.0639. The van der Waals surface area contributed by atoms with E-state index in [-0.39, 0.29) is 16.5 Å². The molecule has 0 saturated carbocycles. The van der Waals surface area contributed by atoms with Gasteiger partial charge in [-0.3, -0.25) is 10.1 Å². The van der Waals surface area contributed by atoms with Crippen molar-refractivity contribution < 1.29 is 4.92 Å². The van der Waals surface area contributed by atoms with Gasteiger partial charge in [-0.1, -0.05) is 26.0 Å². The van der Waals surface area contributed by atoms with Crippen molar-refractivity contribution in [3.63, 3.8) is 0 Å². The van der Waals surface area contributed by atoms with Crippen LogP contribution in [0.15, 0.2) is 30.5 Å². The average Bonchev–Trinajstić information content (AvgIpc) is 2.46. The van der Waals surface area contributed by atoms with Crippen molar-refractivity contribution >= 4 is 16.6 Å². The van der Waals surface area contributed by atoms with Crippen molar-refractivity contribution in [2.75, 3.05) is 7.05 Å². The fourth-order valence-corrected chi connectivity index (χ4v) is 2.75. The van der Waals surface area contributed by atoms with Crippen molar-refractivity contribution in [1.82, 2.24) is 10.3 Å². The number of pyridine rings is 1. The first-order valence-electron chi connectivity index (χ1n) is 6.79. The van der Waals surface area contributed by atoms with Crippen LogP contribution in [-0.2, 0) is 0 Å². The summed E-state index contributed by atoms with van der Waals surface area (Å²) in [5.41, 5.74) is 1.63. The Morgan fingerprint density at radius 3 is 2.75 bits per heavy atom. The Bertz CT molecular complexity index is 624. The SMILES string of the molecule is CCC(NC)C(C)c1ccnc2c([N+](=O)[O-])cccc12. The number of fused-ring (bicyclic) bond motifs is 1. The molecule has 0 fully saturated rings. The maximum atomic E-state index is 11.1. The molecule has 0 aliphatic rings. The van der Waals surface area contributed by atoms with Gasteiger partial charge in [0.1, 0.15) is 5.52 Å². The van der Waals surface area contributed by atoms with E-state index in [1.54, 1.807) is 12.3 Å². The molecule has 0 spiro atoms. The summed E-state index contributed by atoms with van der Waals surface area (Å²) in [6.07, 6.45) is 2.65. The van der Waals surface area contributed by atoms with Crippen LogP contribution in [-0.4, -0.2) is 23.0 Å². The number of benzene rings is 1. The van der Waals surface area contributed by atoms with E-state index in [0.717, 1.165) is 17.4 Å². The van der Waals surface area contributed by atoms with E-state index >= 15 is 0 Å². The number of para-hydroxylation sites is 1. The van der Waals surface area contributed by atoms with Crippen molar-refractivity contribution in [1.29, 1.82) is 0 Å². The highest BCUT2D eigenvalue weighted by molar-refractivity contribution is 5.89. The number of nitro groups is 1. The molecule has 2 rings (SSSR count). The van der Waals surface area contributed by atoms with Gasteiger partial charge in [0, 0.05) is 23.7 Å². The molecular formula is C15H19N3O2. The molecule has 0 bridgehead atoms. The first kappa shape index (κ1) is 14.4. The standard InChI is InChI=1S/C15H19N3O2/c1-4-13(16-3)10(2)11-8-9-17-15-12(11)6-5-7-14(15)18(19)20/h5-10,13,16H,4H2,1-3H3. The Labute approximate surface area is 118 Å². The van der Waals surface area contributed by atoms with Gasteiger partial charge in [0.2, 0.25) is 0 Å². The Balaban J connectivity index is 2.61. The summed E-state index contributed by atoms with van der Waals surface area (Å²) in [7, 11) is 1.94. The Morgan fingerprint density at radius 1 is 1.40 bits per heavy atom. The number of rotatable bonds is 5. The molecule has 2 atom stereocenters. The van der Waals surface area contributed by atoms with Gasteiger partial charge in [-0.2, -0.15) is 0 Å². The fourth-order valence-electron chi connectivity index (χ4n) is 2.75. The molecule has 0 radical (unpaired) electrons. The maximum absolute atomic E-state index is 11.1. The lowest BCUT2D eigenvalue weighted by Gasteiger charge is -2.23. The first-order chi connectivity index (χ1) is 9.60. The number of nitrogens with zero attached hydrogens (tertiary/aromatic N) is 2. The van der Waals surface area contributed by atoms with Crippen LogP contribution < -0.4 is 5.32 Å². The van der Waals surface area contributed by atoms with Gasteiger partial charge in [-0.25, -0.2) is 4.98 Å². The van der Waals surface area contributed by atoms with Crippen molar-refractivity contribution in [3.8, 4) is 0 Å². The molecule has 0 aliphatic carbocycles. The molecule has 1 aromatic heterocycles. The second kappa shape index (κ2) is 5.96. The third kappa shape index (κ3) is 2.49. The summed E-state index contributed by atoms with van der Waals surface area (Å²) in [5.74, 6) is 0.262. The van der Waals surface area contributed by atoms with Crippen molar-refractivity contribution in [2.24, 2.45) is 0 Å². The topological polar surface area (TPSA) is 68.1 Å². The molecule has 1 heterocycles. The maximum Gasteiger partial charge on any atom is 0.295 e. The quantitative estimate of drug-likeness (QED) is 0.670. The number of nitro benzene ring substituents is 1. The number of hydrogen-bond donors (Lipinski definition) is 1. The molecule has 1 N–H and O–H groups in total. The summed E-state index contributed by atoms with van der Waals surface area (Å²) in [6, 6.07) is 7.41. The molecule has 5 heteroatoms. The van der Waals surface area contributed by atoms with Gasteiger partial charge in [0.25, 0.3) is 5.69 Å². The highest BCUT2D eigenvalue weighted by Crippen LogP contribution is 2.31. The molecule has 20 heavy (non-hydrogen) atoms. The van der Waals surface area contributed by atoms with Gasteiger partial charge in [-0.15, -0.1) is 0 Å². The van der Waals surface area contributed by atoms with E-state index in [4.69, 9.17) is 0 Å². The lowest BCUT2D eigenvalue weighted by atomic mass is 9.89. The van der Waals surface area contributed by atoms with Gasteiger partial charge < -0.3 is 5.32 Å². The largest absolute Gasteiger partial charge is 0.316 e. The third-order valence-corrected chi connectivity index (χ3v) is 3.88. The van der Waals surface area contributed by atoms with Gasteiger partial charge in [-0.05, 0) is 31.0 Å². The van der Waals surface area contributed by atoms with Crippen molar-refractivity contribution in [2.45, 2.75) is 32.2 Å². The van der Waals surface area contributed by atoms with E-state index in [9.17, 15) is 10.1 Å². The molecule has 0 aliphatic heterocycles. The molecule has 1 aromatic carbocycles. The first-order valence-corrected chi connectivity index (χ1v) is 6.79. The van der Waals surface area contributed by atoms with Crippen LogP contribution in [0.4, 0.5) is 5.69 Å². The monoisotopic (exact) mass is 273 g/mol. The van der Waals surface area contributed by atoms with Gasteiger partial charge in [0.15, 0.2) is 0 Å². The summed E-state index contributed by atoms with van der Waals surface area (Å²) < 4.78 is 0. The lowest BCUT2D eigenvalue weighted by molar-refractivity contribution is -0.383. The summed E-state index contributed by atoms with van der Waals surface area (Å²) in [5, 5.41) is 15.3. The average molecular weight is 273 g/mol. The van der Waals surface area contributed by atoms with E-state index in [2.05, 4.69) is 24.1 Å². The molecule has 5 nitrogen and oxygen atoms in total. The molecule has 106 valence electrons. The van der Waals surface area contributed by atoms with Crippen LogP contribution in [0.2, 0.25) is 0 Å². The highest BCUT2D eigenvalue weighted by Gasteiger charge is 2.20.